The van der Waals surface area contributed by atoms with E-state index in [1.807, 2.05) is 44.4 Å². The molecule has 7 heteroatoms. The van der Waals surface area contributed by atoms with Crippen LogP contribution in [0.4, 0.5) is 0 Å². The zero-order valence-electron chi connectivity index (χ0n) is 14.9. The van der Waals surface area contributed by atoms with Crippen molar-refractivity contribution in [3.8, 4) is 5.82 Å². The van der Waals surface area contributed by atoms with Gasteiger partial charge >= 0.3 is 5.97 Å². The minimum absolute atomic E-state index is 0.0584. The maximum Gasteiger partial charge on any atom is 0.306 e. The second-order valence-electron chi connectivity index (χ2n) is 6.88. The number of aliphatic carboxylic acids is 1. The molecule has 134 valence electrons. The fourth-order valence-electron chi connectivity index (χ4n) is 3.66. The lowest BCUT2D eigenvalue weighted by atomic mass is 9.87. The fourth-order valence-corrected chi connectivity index (χ4v) is 3.66. The van der Waals surface area contributed by atoms with Gasteiger partial charge < -0.3 is 14.5 Å². The minimum Gasteiger partial charge on any atom is -0.481 e. The predicted octanol–water partition coefficient (Wildman–Crippen LogP) is 2.57. The number of carbonyl (C=O) groups excluding carboxylic acids is 1. The summed E-state index contributed by atoms with van der Waals surface area (Å²) in [4.78, 5) is 26.0. The molecule has 1 fully saturated rings. The molecule has 0 saturated carbocycles. The predicted molar refractivity (Wildman–Crippen MR) is 90.9 cm³/mol. The molecule has 0 radical (unpaired) electrons. The van der Waals surface area contributed by atoms with Crippen LogP contribution in [0.1, 0.15) is 40.9 Å². The number of rotatable bonds is 3. The van der Waals surface area contributed by atoms with Crippen LogP contribution in [0.5, 0.6) is 0 Å². The van der Waals surface area contributed by atoms with E-state index in [2.05, 4.69) is 5.16 Å². The molecule has 1 amide bonds. The average molecular weight is 345 g/mol. The van der Waals surface area contributed by atoms with Crippen molar-refractivity contribution in [1.82, 2.24) is 14.6 Å². The van der Waals surface area contributed by atoms with E-state index >= 15 is 0 Å². The van der Waals surface area contributed by atoms with Crippen molar-refractivity contribution in [2.24, 2.45) is 11.8 Å². The second-order valence-corrected chi connectivity index (χ2v) is 6.88. The molecule has 2 aromatic rings. The Kier molecular flexibility index (Phi) is 4.41. The third kappa shape index (κ3) is 3.06. The fraction of sp³-hybridized carbons (Fsp3) is 0.500. The summed E-state index contributed by atoms with van der Waals surface area (Å²) < 4.78 is 7.04. The van der Waals surface area contributed by atoms with Crippen LogP contribution < -0.4 is 0 Å². The molecule has 2 atom stereocenters. The van der Waals surface area contributed by atoms with E-state index < -0.39 is 5.97 Å². The van der Waals surface area contributed by atoms with Gasteiger partial charge in [-0.05, 0) is 39.2 Å². The van der Waals surface area contributed by atoms with E-state index in [0.29, 0.717) is 36.7 Å². The lowest BCUT2D eigenvalue weighted by molar-refractivity contribution is -0.145. The Balaban J connectivity index is 1.85. The number of carboxylic acid groups (broad SMARTS) is 1. The van der Waals surface area contributed by atoms with Crippen LogP contribution in [0, 0.1) is 32.6 Å². The highest BCUT2D eigenvalue weighted by Crippen LogP contribution is 2.27. The topological polar surface area (TPSA) is 88.6 Å². The van der Waals surface area contributed by atoms with Crippen LogP contribution >= 0.6 is 0 Å². The summed E-state index contributed by atoms with van der Waals surface area (Å²) in [7, 11) is 0. The summed E-state index contributed by atoms with van der Waals surface area (Å²) in [5, 5.41) is 13.3. The smallest absolute Gasteiger partial charge is 0.306 e. The molecule has 0 aliphatic carbocycles. The van der Waals surface area contributed by atoms with E-state index in [-0.39, 0.29) is 17.7 Å². The van der Waals surface area contributed by atoms with Gasteiger partial charge in [0.15, 0.2) is 5.82 Å². The van der Waals surface area contributed by atoms with E-state index in [1.165, 1.54) is 0 Å². The van der Waals surface area contributed by atoms with Gasteiger partial charge in [0.1, 0.15) is 5.76 Å². The van der Waals surface area contributed by atoms with Crippen molar-refractivity contribution in [2.45, 2.75) is 34.1 Å². The number of hydrogen-bond acceptors (Lipinski definition) is 4. The average Bonchev–Trinajstić information content (AvgIpc) is 3.09. The van der Waals surface area contributed by atoms with Gasteiger partial charge in [-0.25, -0.2) is 0 Å². The van der Waals surface area contributed by atoms with Crippen LogP contribution in [-0.4, -0.2) is 44.7 Å². The molecule has 1 N–H and O–H groups in total. The SMILES string of the molecule is Cc1cc(-n2c(C)cc(C(=O)N3CCC(C(=O)O)C(C)C3)c2C)no1. The number of aryl methyl sites for hydroxylation is 2. The summed E-state index contributed by atoms with van der Waals surface area (Å²) in [6.07, 6.45) is 0.490. The first kappa shape index (κ1) is 17.3. The van der Waals surface area contributed by atoms with Gasteiger partial charge in [0, 0.05) is 30.5 Å². The van der Waals surface area contributed by atoms with Gasteiger partial charge in [-0.3, -0.25) is 14.2 Å². The summed E-state index contributed by atoms with van der Waals surface area (Å²) in [5.74, 6) is 0.0883. The first-order valence-corrected chi connectivity index (χ1v) is 8.44. The normalized spacial score (nSPS) is 20.7. The molecule has 1 saturated heterocycles. The molecule has 0 aromatic carbocycles. The number of nitrogens with zero attached hydrogens (tertiary/aromatic N) is 3. The lowest BCUT2D eigenvalue weighted by Gasteiger charge is -2.35. The molecule has 2 aromatic heterocycles. The third-order valence-corrected chi connectivity index (χ3v) is 5.02. The van der Waals surface area contributed by atoms with Gasteiger partial charge in [-0.2, -0.15) is 0 Å². The number of carboxylic acids is 1. The number of hydrogen-bond donors (Lipinski definition) is 1. The van der Waals surface area contributed by atoms with Gasteiger partial charge in [-0.1, -0.05) is 12.1 Å². The Morgan fingerprint density at radius 1 is 1.28 bits per heavy atom. The zero-order valence-corrected chi connectivity index (χ0v) is 14.9. The van der Waals surface area contributed by atoms with Gasteiger partial charge in [-0.15, -0.1) is 0 Å². The van der Waals surface area contributed by atoms with Gasteiger partial charge in [0.05, 0.1) is 11.5 Å². The van der Waals surface area contributed by atoms with Crippen LogP contribution in [0.15, 0.2) is 16.7 Å². The maximum atomic E-state index is 13.0. The summed E-state index contributed by atoms with van der Waals surface area (Å²) in [6.45, 7) is 8.45. The van der Waals surface area contributed by atoms with Crippen molar-refractivity contribution >= 4 is 11.9 Å². The highest BCUT2D eigenvalue weighted by atomic mass is 16.5. The highest BCUT2D eigenvalue weighted by Gasteiger charge is 2.34. The number of aromatic nitrogens is 2. The van der Waals surface area contributed by atoms with E-state index in [1.54, 1.807) is 4.90 Å². The standard InChI is InChI=1S/C18H23N3O4/c1-10-9-20(6-5-14(10)18(23)24)17(22)15-7-11(2)21(13(15)4)16-8-12(3)25-19-16/h7-8,10,14H,5-6,9H2,1-4H3,(H,23,24). The molecule has 0 bridgehead atoms. The monoisotopic (exact) mass is 345 g/mol. The summed E-state index contributed by atoms with van der Waals surface area (Å²) in [5.41, 5.74) is 2.34. The molecule has 25 heavy (non-hydrogen) atoms. The van der Waals surface area contributed by atoms with E-state index in [0.717, 1.165) is 11.4 Å². The molecule has 3 rings (SSSR count). The third-order valence-electron chi connectivity index (χ3n) is 5.02. The Morgan fingerprint density at radius 3 is 2.56 bits per heavy atom. The quantitative estimate of drug-likeness (QED) is 0.923. The number of carbonyl (C=O) groups is 2. The minimum atomic E-state index is -0.779. The Bertz CT molecular complexity index is 820. The van der Waals surface area contributed by atoms with Crippen molar-refractivity contribution in [3.05, 3.63) is 34.8 Å². The summed E-state index contributed by atoms with van der Waals surface area (Å²) in [6, 6.07) is 3.68. The van der Waals surface area contributed by atoms with Crippen LogP contribution in [0.2, 0.25) is 0 Å². The number of amides is 1. The van der Waals surface area contributed by atoms with E-state index in [9.17, 15) is 14.7 Å². The molecular formula is C18H23N3O4. The van der Waals surface area contributed by atoms with Crippen LogP contribution in [0.3, 0.4) is 0 Å². The maximum absolute atomic E-state index is 13.0. The first-order chi connectivity index (χ1) is 11.8. The first-order valence-electron chi connectivity index (χ1n) is 8.44. The molecule has 7 nitrogen and oxygen atoms in total. The molecule has 0 spiro atoms. The molecule has 3 heterocycles. The van der Waals surface area contributed by atoms with Gasteiger partial charge in [0.2, 0.25) is 0 Å². The molecule has 1 aliphatic heterocycles. The number of likely N-dealkylation sites (tertiary alicyclic amines) is 1. The van der Waals surface area contributed by atoms with Crippen molar-refractivity contribution < 1.29 is 19.2 Å². The van der Waals surface area contributed by atoms with Crippen LogP contribution in [-0.2, 0) is 4.79 Å². The van der Waals surface area contributed by atoms with Crippen molar-refractivity contribution in [1.29, 1.82) is 0 Å². The van der Waals surface area contributed by atoms with Crippen LogP contribution in [0.25, 0.3) is 5.82 Å². The Labute approximate surface area is 146 Å². The lowest BCUT2D eigenvalue weighted by Crippen LogP contribution is -2.45. The summed E-state index contributed by atoms with van der Waals surface area (Å²) >= 11 is 0. The Hall–Kier alpha value is -2.57. The van der Waals surface area contributed by atoms with Crippen molar-refractivity contribution in [3.63, 3.8) is 0 Å². The zero-order chi connectivity index (χ0) is 18.3. The van der Waals surface area contributed by atoms with Gasteiger partial charge in [0.25, 0.3) is 5.91 Å². The number of piperidine rings is 1. The largest absolute Gasteiger partial charge is 0.481 e. The molecule has 1 aliphatic rings. The van der Waals surface area contributed by atoms with Crippen molar-refractivity contribution in [2.75, 3.05) is 13.1 Å². The Morgan fingerprint density at radius 2 is 2.00 bits per heavy atom. The van der Waals surface area contributed by atoms with E-state index in [4.69, 9.17) is 4.52 Å². The molecule has 2 unspecified atom stereocenters. The second kappa shape index (κ2) is 6.38. The highest BCUT2D eigenvalue weighted by molar-refractivity contribution is 5.96. The molecular weight excluding hydrogens is 322 g/mol.